The van der Waals surface area contributed by atoms with Crippen LogP contribution in [0.15, 0.2) is 0 Å². The van der Waals surface area contributed by atoms with Crippen molar-refractivity contribution >= 4 is 27.8 Å². The van der Waals surface area contributed by atoms with E-state index in [1.807, 2.05) is 35.0 Å². The summed E-state index contributed by atoms with van der Waals surface area (Å²) in [6, 6.07) is 0. The number of nitrogen functional groups attached to an aromatic ring is 1. The molecule has 0 saturated carbocycles. The van der Waals surface area contributed by atoms with Crippen molar-refractivity contribution in [1.29, 1.82) is 0 Å². The van der Waals surface area contributed by atoms with Crippen LogP contribution in [0.1, 0.15) is 30.4 Å². The maximum Gasteiger partial charge on any atom is 0.177 e. The summed E-state index contributed by atoms with van der Waals surface area (Å²) >= 11 is 1.40. The molecule has 0 amide bonds. The van der Waals surface area contributed by atoms with Gasteiger partial charge < -0.3 is 20.3 Å². The van der Waals surface area contributed by atoms with Crippen molar-refractivity contribution in [3.05, 3.63) is 4.88 Å². The van der Waals surface area contributed by atoms with Gasteiger partial charge in [-0.2, -0.15) is 0 Å². The molecule has 0 saturated heterocycles. The number of rotatable bonds is 7. The summed E-state index contributed by atoms with van der Waals surface area (Å²) < 4.78 is 5.81. The fourth-order valence-corrected chi connectivity index (χ4v) is 2.77. The normalized spacial score (nSPS) is 11.2. The molecule has 0 bridgehead atoms. The van der Waals surface area contributed by atoms with Crippen LogP contribution in [0.4, 0.5) is 10.7 Å². The predicted molar refractivity (Wildman–Crippen MR) is 86.3 cm³/mol. The van der Waals surface area contributed by atoms with E-state index >= 15 is 0 Å². The van der Waals surface area contributed by atoms with Crippen molar-refractivity contribution in [3.63, 3.8) is 0 Å². The first-order valence-corrected chi connectivity index (χ1v) is 7.51. The van der Waals surface area contributed by atoms with Crippen molar-refractivity contribution in [2.24, 2.45) is 0 Å². The lowest BCUT2D eigenvalue weighted by Crippen LogP contribution is -2.28. The average molecular weight is 299 g/mol. The fourth-order valence-electron chi connectivity index (χ4n) is 1.73. The number of hydrogen-bond donors (Lipinski definition) is 1. The summed E-state index contributed by atoms with van der Waals surface area (Å²) in [5.74, 6) is 0.616. The Morgan fingerprint density at radius 2 is 1.90 bits per heavy atom. The predicted octanol–water partition coefficient (Wildman–Crippen LogP) is 2.32. The van der Waals surface area contributed by atoms with Crippen LogP contribution in [0.25, 0.3) is 0 Å². The second kappa shape index (κ2) is 6.95. The lowest BCUT2D eigenvalue weighted by molar-refractivity contribution is 0.102. The van der Waals surface area contributed by atoms with Crippen LogP contribution in [0, 0.1) is 0 Å². The van der Waals surface area contributed by atoms with Crippen LogP contribution >= 0.6 is 11.3 Å². The van der Waals surface area contributed by atoms with Crippen LogP contribution in [-0.2, 0) is 0 Å². The third-order valence-electron chi connectivity index (χ3n) is 2.78. The number of thiophene rings is 1. The van der Waals surface area contributed by atoms with Gasteiger partial charge >= 0.3 is 0 Å². The standard InChI is InChI=1S/C14H25N3O2S/c1-9(2)19-12-11(15)13(10(3)18)20-14(12)17(6)8-7-16(4)5/h9H,7-8,15H2,1-6H3. The van der Waals surface area contributed by atoms with Crippen LogP contribution in [0.5, 0.6) is 5.75 Å². The SMILES string of the molecule is CC(=O)c1sc(N(C)CCN(C)C)c(OC(C)C)c1N. The molecule has 0 unspecified atom stereocenters. The van der Waals surface area contributed by atoms with E-state index < -0.39 is 0 Å². The minimum absolute atomic E-state index is 0.0200. The van der Waals surface area contributed by atoms with Gasteiger partial charge in [-0.15, -0.1) is 11.3 Å². The summed E-state index contributed by atoms with van der Waals surface area (Å²) in [6.07, 6.45) is 0.0210. The fraction of sp³-hybridized carbons (Fsp3) is 0.643. The van der Waals surface area contributed by atoms with Crippen LogP contribution < -0.4 is 15.4 Å². The number of ether oxygens (including phenoxy) is 1. The maximum absolute atomic E-state index is 11.7. The van der Waals surface area contributed by atoms with Gasteiger partial charge in [-0.1, -0.05) is 0 Å². The molecule has 0 aromatic carbocycles. The topological polar surface area (TPSA) is 58.8 Å². The summed E-state index contributed by atoms with van der Waals surface area (Å²) in [5.41, 5.74) is 6.54. The molecular formula is C14H25N3O2S. The maximum atomic E-state index is 11.7. The molecule has 20 heavy (non-hydrogen) atoms. The molecule has 2 N–H and O–H groups in total. The van der Waals surface area contributed by atoms with Crippen molar-refractivity contribution in [2.75, 3.05) is 44.9 Å². The Balaban J connectivity index is 3.09. The molecule has 5 nitrogen and oxygen atoms in total. The van der Waals surface area contributed by atoms with Gasteiger partial charge in [-0.25, -0.2) is 0 Å². The van der Waals surface area contributed by atoms with Gasteiger partial charge in [0.2, 0.25) is 0 Å². The van der Waals surface area contributed by atoms with E-state index in [0.717, 1.165) is 18.1 Å². The first-order valence-electron chi connectivity index (χ1n) is 6.69. The molecule has 0 aliphatic carbocycles. The number of anilines is 2. The number of likely N-dealkylation sites (N-methyl/N-ethyl adjacent to an activating group) is 2. The highest BCUT2D eigenvalue weighted by Crippen LogP contribution is 2.45. The van der Waals surface area contributed by atoms with E-state index in [4.69, 9.17) is 10.5 Å². The number of nitrogens with two attached hydrogens (primary N) is 1. The van der Waals surface area contributed by atoms with Crippen LogP contribution in [0.2, 0.25) is 0 Å². The van der Waals surface area contributed by atoms with Gasteiger partial charge in [0.25, 0.3) is 0 Å². The molecule has 1 rings (SSSR count). The minimum atomic E-state index is -0.0200. The quantitative estimate of drug-likeness (QED) is 0.783. The smallest absolute Gasteiger partial charge is 0.177 e. The number of Topliss-reactive ketones (excluding diaryl/α,β-unsaturated/α-hetero) is 1. The van der Waals surface area contributed by atoms with Gasteiger partial charge in [-0.3, -0.25) is 4.79 Å². The first-order chi connectivity index (χ1) is 9.23. The minimum Gasteiger partial charge on any atom is -0.486 e. The van der Waals surface area contributed by atoms with E-state index in [9.17, 15) is 4.79 Å². The molecule has 1 aromatic rings. The van der Waals surface area contributed by atoms with Crippen molar-refractivity contribution < 1.29 is 9.53 Å². The summed E-state index contributed by atoms with van der Waals surface area (Å²) in [7, 11) is 6.05. The monoisotopic (exact) mass is 299 g/mol. The molecule has 0 aliphatic rings. The second-order valence-electron chi connectivity index (χ2n) is 5.43. The summed E-state index contributed by atoms with van der Waals surface area (Å²) in [6.45, 7) is 7.21. The lowest BCUT2D eigenvalue weighted by atomic mass is 10.3. The zero-order valence-corrected chi connectivity index (χ0v) is 14.0. The third kappa shape index (κ3) is 4.11. The number of hydrogen-bond acceptors (Lipinski definition) is 6. The van der Waals surface area contributed by atoms with E-state index in [1.165, 1.54) is 18.3 Å². The number of carbonyl (C=O) groups is 1. The van der Waals surface area contributed by atoms with Crippen LogP contribution in [-0.4, -0.2) is 51.0 Å². The number of nitrogens with zero attached hydrogens (tertiary/aromatic N) is 2. The Kier molecular flexibility index (Phi) is 5.83. The summed E-state index contributed by atoms with van der Waals surface area (Å²) in [5, 5.41) is 0.920. The van der Waals surface area contributed by atoms with Crippen molar-refractivity contribution in [1.82, 2.24) is 4.90 Å². The largest absolute Gasteiger partial charge is 0.486 e. The Bertz CT molecular complexity index is 469. The lowest BCUT2D eigenvalue weighted by Gasteiger charge is -2.22. The Labute approximate surface area is 125 Å². The molecule has 0 atom stereocenters. The Morgan fingerprint density at radius 3 is 2.35 bits per heavy atom. The first kappa shape index (κ1) is 16.8. The molecule has 6 heteroatoms. The van der Waals surface area contributed by atoms with Gasteiger partial charge in [0.05, 0.1) is 16.7 Å². The molecule has 114 valence electrons. The van der Waals surface area contributed by atoms with E-state index in [2.05, 4.69) is 9.80 Å². The van der Waals surface area contributed by atoms with E-state index in [-0.39, 0.29) is 11.9 Å². The number of carbonyl (C=O) groups excluding carboxylic acids is 1. The molecule has 0 aliphatic heterocycles. The Hall–Kier alpha value is -1.27. The number of ketones is 1. The molecule has 0 spiro atoms. The summed E-state index contributed by atoms with van der Waals surface area (Å²) in [4.78, 5) is 16.4. The van der Waals surface area contributed by atoms with Crippen LogP contribution in [0.3, 0.4) is 0 Å². The van der Waals surface area contributed by atoms with E-state index in [1.54, 1.807) is 0 Å². The molecule has 0 radical (unpaired) electrons. The van der Waals surface area contributed by atoms with Crippen molar-refractivity contribution in [2.45, 2.75) is 26.9 Å². The molecule has 0 fully saturated rings. The van der Waals surface area contributed by atoms with Gasteiger partial charge in [0, 0.05) is 27.1 Å². The zero-order valence-electron chi connectivity index (χ0n) is 13.2. The van der Waals surface area contributed by atoms with Gasteiger partial charge in [-0.05, 0) is 27.9 Å². The zero-order chi connectivity index (χ0) is 15.4. The Morgan fingerprint density at radius 1 is 1.30 bits per heavy atom. The molecular weight excluding hydrogens is 274 g/mol. The van der Waals surface area contributed by atoms with Crippen molar-refractivity contribution in [3.8, 4) is 5.75 Å². The molecule has 1 aromatic heterocycles. The highest BCUT2D eigenvalue weighted by Gasteiger charge is 2.23. The van der Waals surface area contributed by atoms with E-state index in [0.29, 0.717) is 16.3 Å². The van der Waals surface area contributed by atoms with Gasteiger partial charge in [0.1, 0.15) is 5.00 Å². The molecule has 1 heterocycles. The highest BCUT2D eigenvalue weighted by molar-refractivity contribution is 7.19. The van der Waals surface area contributed by atoms with Gasteiger partial charge in [0.15, 0.2) is 11.5 Å². The average Bonchev–Trinajstić information content (AvgIpc) is 2.64. The second-order valence-corrected chi connectivity index (χ2v) is 6.43. The highest BCUT2D eigenvalue weighted by atomic mass is 32.1. The third-order valence-corrected chi connectivity index (χ3v) is 4.19.